The molecule has 0 amide bonds. The highest BCUT2D eigenvalue weighted by molar-refractivity contribution is 5.96. The predicted octanol–water partition coefficient (Wildman–Crippen LogP) is 4.22. The molecule has 0 radical (unpaired) electrons. The fourth-order valence-electron chi connectivity index (χ4n) is 2.28. The molecule has 0 unspecified atom stereocenters. The fourth-order valence-corrected chi connectivity index (χ4v) is 2.28. The van der Waals surface area contributed by atoms with Gasteiger partial charge >= 0.3 is 0 Å². The van der Waals surface area contributed by atoms with Crippen molar-refractivity contribution in [1.29, 1.82) is 0 Å². The van der Waals surface area contributed by atoms with E-state index in [1.54, 1.807) is 7.11 Å². The van der Waals surface area contributed by atoms with E-state index in [9.17, 15) is 4.79 Å². The van der Waals surface area contributed by atoms with Crippen molar-refractivity contribution in [2.45, 2.75) is 26.7 Å². The molecule has 0 atom stereocenters. The average molecular weight is 298 g/mol. The number of benzene rings is 2. The molecule has 116 valence electrons. The fraction of sp³-hybridized carbons (Fsp3) is 0.316. The zero-order valence-electron chi connectivity index (χ0n) is 13.4. The van der Waals surface area contributed by atoms with E-state index >= 15 is 0 Å². The summed E-state index contributed by atoms with van der Waals surface area (Å²) in [6, 6.07) is 13.5. The van der Waals surface area contributed by atoms with Crippen LogP contribution < -0.4 is 9.47 Å². The highest BCUT2D eigenvalue weighted by atomic mass is 16.5. The number of ketones is 1. The number of rotatable bonds is 7. The molecule has 2 aromatic carbocycles. The van der Waals surface area contributed by atoms with Crippen LogP contribution in [-0.4, -0.2) is 19.5 Å². The Morgan fingerprint density at radius 2 is 1.77 bits per heavy atom. The summed E-state index contributed by atoms with van der Waals surface area (Å²) in [5.41, 5.74) is 3.00. The van der Waals surface area contributed by atoms with Gasteiger partial charge in [0.2, 0.25) is 0 Å². The molecular weight excluding hydrogens is 276 g/mol. The van der Waals surface area contributed by atoms with Crippen molar-refractivity contribution in [2.75, 3.05) is 13.7 Å². The van der Waals surface area contributed by atoms with Crippen LogP contribution in [0.2, 0.25) is 0 Å². The van der Waals surface area contributed by atoms with Gasteiger partial charge in [-0.15, -0.1) is 0 Å². The van der Waals surface area contributed by atoms with E-state index in [4.69, 9.17) is 9.47 Å². The van der Waals surface area contributed by atoms with Crippen LogP contribution in [0.3, 0.4) is 0 Å². The highest BCUT2D eigenvalue weighted by Gasteiger charge is 2.09. The van der Waals surface area contributed by atoms with Crippen molar-refractivity contribution in [3.05, 3.63) is 59.2 Å². The van der Waals surface area contributed by atoms with E-state index in [0.717, 1.165) is 22.4 Å². The second-order valence-corrected chi connectivity index (χ2v) is 5.21. The van der Waals surface area contributed by atoms with Gasteiger partial charge in [-0.1, -0.05) is 35.9 Å². The summed E-state index contributed by atoms with van der Waals surface area (Å²) >= 11 is 0. The Balaban J connectivity index is 2.01. The monoisotopic (exact) mass is 298 g/mol. The first kappa shape index (κ1) is 16.1. The molecule has 0 aliphatic rings. The number of carbonyl (C=O) groups excluding carboxylic acids is 1. The van der Waals surface area contributed by atoms with Gasteiger partial charge < -0.3 is 9.47 Å². The number of carbonyl (C=O) groups is 1. The topological polar surface area (TPSA) is 35.5 Å². The molecule has 0 saturated carbocycles. The van der Waals surface area contributed by atoms with Crippen molar-refractivity contribution >= 4 is 5.78 Å². The van der Waals surface area contributed by atoms with E-state index in [0.29, 0.717) is 25.2 Å². The van der Waals surface area contributed by atoms with Crippen LogP contribution in [0.5, 0.6) is 11.5 Å². The van der Waals surface area contributed by atoms with E-state index in [1.807, 2.05) is 56.3 Å². The molecule has 0 saturated heterocycles. The Bertz CT molecular complexity index is 630. The van der Waals surface area contributed by atoms with Crippen molar-refractivity contribution in [3.63, 3.8) is 0 Å². The number of hydrogen-bond donors (Lipinski definition) is 0. The van der Waals surface area contributed by atoms with Gasteiger partial charge in [0, 0.05) is 12.0 Å². The molecule has 0 fully saturated rings. The standard InChI is InChI=1S/C19H22O3/c1-4-22-18-12-8-15(13-19(18)21-3)7-11-17(20)16-9-5-14(2)6-10-16/h5-6,8-10,12-13H,4,7,11H2,1-3H3. The Morgan fingerprint density at radius 3 is 2.41 bits per heavy atom. The van der Waals surface area contributed by atoms with Crippen LogP contribution in [0.1, 0.15) is 34.8 Å². The summed E-state index contributed by atoms with van der Waals surface area (Å²) in [6.45, 7) is 4.55. The number of Topliss-reactive ketones (excluding diaryl/α,β-unsaturated/α-hetero) is 1. The molecule has 0 N–H and O–H groups in total. The second kappa shape index (κ2) is 7.64. The maximum atomic E-state index is 12.2. The highest BCUT2D eigenvalue weighted by Crippen LogP contribution is 2.28. The van der Waals surface area contributed by atoms with Crippen LogP contribution in [-0.2, 0) is 6.42 Å². The van der Waals surface area contributed by atoms with E-state index in [1.165, 1.54) is 0 Å². The normalized spacial score (nSPS) is 10.3. The van der Waals surface area contributed by atoms with Gasteiger partial charge in [0.15, 0.2) is 17.3 Å². The summed E-state index contributed by atoms with van der Waals surface area (Å²) in [7, 11) is 1.62. The van der Waals surface area contributed by atoms with Crippen LogP contribution in [0.15, 0.2) is 42.5 Å². The van der Waals surface area contributed by atoms with E-state index < -0.39 is 0 Å². The molecule has 3 nitrogen and oxygen atoms in total. The Kier molecular flexibility index (Phi) is 5.59. The van der Waals surface area contributed by atoms with Crippen LogP contribution in [0.4, 0.5) is 0 Å². The third kappa shape index (κ3) is 4.10. The molecule has 3 heteroatoms. The minimum atomic E-state index is 0.160. The third-order valence-corrected chi connectivity index (χ3v) is 3.54. The lowest BCUT2D eigenvalue weighted by atomic mass is 10.0. The smallest absolute Gasteiger partial charge is 0.163 e. The lowest BCUT2D eigenvalue weighted by Gasteiger charge is -2.11. The summed E-state index contributed by atoms with van der Waals surface area (Å²) < 4.78 is 10.8. The van der Waals surface area contributed by atoms with Crippen molar-refractivity contribution in [2.24, 2.45) is 0 Å². The van der Waals surface area contributed by atoms with Crippen LogP contribution in [0, 0.1) is 6.92 Å². The molecule has 0 aliphatic carbocycles. The summed E-state index contributed by atoms with van der Waals surface area (Å²) in [4.78, 5) is 12.2. The Morgan fingerprint density at radius 1 is 1.05 bits per heavy atom. The van der Waals surface area contributed by atoms with Crippen molar-refractivity contribution in [1.82, 2.24) is 0 Å². The number of methoxy groups -OCH3 is 1. The molecular formula is C19H22O3. The first-order valence-electron chi connectivity index (χ1n) is 7.53. The molecule has 0 aliphatic heterocycles. The van der Waals surface area contributed by atoms with Crippen LogP contribution in [0.25, 0.3) is 0 Å². The number of aryl methyl sites for hydroxylation is 2. The van der Waals surface area contributed by atoms with Gasteiger partial charge in [-0.3, -0.25) is 4.79 Å². The van der Waals surface area contributed by atoms with Crippen LogP contribution >= 0.6 is 0 Å². The van der Waals surface area contributed by atoms with E-state index in [2.05, 4.69) is 0 Å². The summed E-state index contributed by atoms with van der Waals surface area (Å²) in [6.07, 6.45) is 1.18. The minimum absolute atomic E-state index is 0.160. The largest absolute Gasteiger partial charge is 0.493 e. The number of ether oxygens (including phenoxy) is 2. The van der Waals surface area contributed by atoms with E-state index in [-0.39, 0.29) is 5.78 Å². The molecule has 0 spiro atoms. The quantitative estimate of drug-likeness (QED) is 0.718. The van der Waals surface area contributed by atoms with Gasteiger partial charge in [0.1, 0.15) is 0 Å². The lowest BCUT2D eigenvalue weighted by Crippen LogP contribution is -2.02. The second-order valence-electron chi connectivity index (χ2n) is 5.21. The van der Waals surface area contributed by atoms with Gasteiger partial charge in [0.25, 0.3) is 0 Å². The maximum absolute atomic E-state index is 12.2. The molecule has 0 bridgehead atoms. The zero-order chi connectivity index (χ0) is 15.9. The van der Waals surface area contributed by atoms with Crippen molar-refractivity contribution < 1.29 is 14.3 Å². The first-order valence-corrected chi connectivity index (χ1v) is 7.53. The first-order chi connectivity index (χ1) is 10.6. The lowest BCUT2D eigenvalue weighted by molar-refractivity contribution is 0.0983. The third-order valence-electron chi connectivity index (χ3n) is 3.54. The molecule has 2 aromatic rings. The Labute approximate surface area is 131 Å². The average Bonchev–Trinajstić information content (AvgIpc) is 2.54. The van der Waals surface area contributed by atoms with Gasteiger partial charge in [0.05, 0.1) is 13.7 Å². The molecule has 0 heterocycles. The molecule has 0 aromatic heterocycles. The van der Waals surface area contributed by atoms with Gasteiger partial charge in [-0.05, 0) is 38.0 Å². The predicted molar refractivity (Wildman–Crippen MR) is 88.0 cm³/mol. The Hall–Kier alpha value is -2.29. The number of hydrogen-bond acceptors (Lipinski definition) is 3. The van der Waals surface area contributed by atoms with Crippen molar-refractivity contribution in [3.8, 4) is 11.5 Å². The zero-order valence-corrected chi connectivity index (χ0v) is 13.4. The minimum Gasteiger partial charge on any atom is -0.493 e. The SMILES string of the molecule is CCOc1ccc(CCC(=O)c2ccc(C)cc2)cc1OC. The van der Waals surface area contributed by atoms with Gasteiger partial charge in [-0.25, -0.2) is 0 Å². The maximum Gasteiger partial charge on any atom is 0.163 e. The summed E-state index contributed by atoms with van der Waals surface area (Å²) in [5, 5.41) is 0. The van der Waals surface area contributed by atoms with Gasteiger partial charge in [-0.2, -0.15) is 0 Å². The molecule has 2 rings (SSSR count). The summed E-state index contributed by atoms with van der Waals surface area (Å²) in [5.74, 6) is 1.61. The molecule has 22 heavy (non-hydrogen) atoms.